The van der Waals surface area contributed by atoms with Gasteiger partial charge in [-0.05, 0) is 24.6 Å². The van der Waals surface area contributed by atoms with Crippen molar-refractivity contribution in [2.24, 2.45) is 5.73 Å². The molecule has 1 aromatic carbocycles. The van der Waals surface area contributed by atoms with Crippen molar-refractivity contribution >= 4 is 28.8 Å². The molecule has 30 heavy (non-hydrogen) atoms. The van der Waals surface area contributed by atoms with E-state index in [4.69, 9.17) is 16.9 Å². The molecule has 4 rings (SSSR count). The van der Waals surface area contributed by atoms with Gasteiger partial charge in [-0.25, -0.2) is 19.0 Å². The van der Waals surface area contributed by atoms with E-state index >= 15 is 0 Å². The van der Waals surface area contributed by atoms with Crippen molar-refractivity contribution in [3.63, 3.8) is 0 Å². The van der Waals surface area contributed by atoms with E-state index in [9.17, 15) is 4.39 Å². The quantitative estimate of drug-likeness (QED) is 0.422. The smallest absolute Gasteiger partial charge is 0.148 e. The van der Waals surface area contributed by atoms with E-state index in [0.717, 1.165) is 6.21 Å². The Morgan fingerprint density at radius 1 is 1.27 bits per heavy atom. The number of nitrogens with one attached hydrogen (secondary N) is 1. The second-order valence-electron chi connectivity index (χ2n) is 6.66. The van der Waals surface area contributed by atoms with Gasteiger partial charge in [0.15, 0.2) is 0 Å². The third-order valence-corrected chi connectivity index (χ3v) is 4.89. The number of para-hydroxylation sites is 1. The van der Waals surface area contributed by atoms with E-state index in [1.807, 2.05) is 17.7 Å². The zero-order chi connectivity index (χ0) is 21.3. The largest absolute Gasteiger partial charge is 0.398 e. The molecular formula is C20H20FN9. The Morgan fingerprint density at radius 3 is 2.80 bits per heavy atom. The van der Waals surface area contributed by atoms with Gasteiger partial charge >= 0.3 is 0 Å². The van der Waals surface area contributed by atoms with Crippen LogP contribution in [-0.2, 0) is 0 Å². The van der Waals surface area contributed by atoms with Crippen LogP contribution in [-0.4, -0.2) is 35.7 Å². The highest BCUT2D eigenvalue weighted by Gasteiger charge is 2.23. The summed E-state index contributed by atoms with van der Waals surface area (Å²) in [4.78, 5) is 8.47. The molecule has 0 bridgehead atoms. The van der Waals surface area contributed by atoms with Gasteiger partial charge in [-0.15, -0.1) is 5.10 Å². The molecule has 9 nitrogen and oxygen atoms in total. The van der Waals surface area contributed by atoms with Crippen molar-refractivity contribution in [3.8, 4) is 5.69 Å². The number of hydrogen-bond donors (Lipinski definition) is 3. The average Bonchev–Trinajstić information content (AvgIpc) is 3.36. The zero-order valence-corrected chi connectivity index (χ0v) is 16.2. The third-order valence-electron chi connectivity index (χ3n) is 4.89. The van der Waals surface area contributed by atoms with Gasteiger partial charge in [0.1, 0.15) is 35.0 Å². The van der Waals surface area contributed by atoms with Crippen molar-refractivity contribution in [2.75, 3.05) is 5.73 Å². The number of aromatic nitrogens is 6. The van der Waals surface area contributed by atoms with Gasteiger partial charge in [0.2, 0.25) is 0 Å². The fourth-order valence-corrected chi connectivity index (χ4v) is 3.48. The molecule has 0 radical (unpaired) electrons. The maximum Gasteiger partial charge on any atom is 0.148 e. The van der Waals surface area contributed by atoms with Crippen LogP contribution in [0.2, 0.25) is 0 Å². The maximum absolute atomic E-state index is 14.1. The number of anilines is 1. The molecule has 0 aliphatic carbocycles. The molecule has 3 heterocycles. The van der Waals surface area contributed by atoms with Crippen molar-refractivity contribution in [1.82, 2.24) is 29.5 Å². The number of allylic oxidation sites excluding steroid dienone is 1. The third kappa shape index (κ3) is 3.17. The Kier molecular flexibility index (Phi) is 4.97. The lowest BCUT2D eigenvalue weighted by Gasteiger charge is -2.15. The van der Waals surface area contributed by atoms with Crippen LogP contribution in [0.25, 0.3) is 22.4 Å². The zero-order valence-electron chi connectivity index (χ0n) is 16.2. The highest BCUT2D eigenvalue weighted by molar-refractivity contribution is 5.99. The summed E-state index contributed by atoms with van der Waals surface area (Å²) in [5.41, 5.74) is 14.8. The van der Waals surface area contributed by atoms with Crippen LogP contribution >= 0.6 is 0 Å². The van der Waals surface area contributed by atoms with Crippen LogP contribution in [0.1, 0.15) is 30.6 Å². The lowest BCUT2D eigenvalue weighted by Crippen LogP contribution is -2.10. The fraction of sp³-hybridized carbons (Fsp3) is 0.150. The predicted octanol–water partition coefficient (Wildman–Crippen LogP) is 2.68. The minimum Gasteiger partial charge on any atom is -0.398 e. The first-order valence-corrected chi connectivity index (χ1v) is 9.29. The van der Waals surface area contributed by atoms with E-state index in [-0.39, 0.29) is 11.9 Å². The Bertz CT molecular complexity index is 1250. The van der Waals surface area contributed by atoms with Gasteiger partial charge in [-0.1, -0.05) is 24.3 Å². The maximum atomic E-state index is 14.1. The fourth-order valence-electron chi connectivity index (χ4n) is 3.48. The van der Waals surface area contributed by atoms with Gasteiger partial charge in [0, 0.05) is 23.7 Å². The molecule has 1 unspecified atom stereocenters. The number of hydrogen-bond acceptors (Lipinski definition) is 7. The second kappa shape index (κ2) is 7.74. The number of rotatable bonds is 6. The van der Waals surface area contributed by atoms with Crippen molar-refractivity contribution in [2.45, 2.75) is 19.4 Å². The number of halogens is 1. The van der Waals surface area contributed by atoms with Crippen LogP contribution in [0.3, 0.4) is 0 Å². The van der Waals surface area contributed by atoms with E-state index in [0.29, 0.717) is 45.9 Å². The standard InChI is InChI=1S/C20H20FN9/c1-2-16(15-10-30(28-27-15)17-6-4-3-5-13(17)21)29-9-12(14(23)7-8-22)18-19(24)25-11-26-20(18)29/h3-11,16,22H,2,23H2,1H3,(H2,24,25,26). The topological polar surface area (TPSA) is 137 Å². The van der Waals surface area contributed by atoms with E-state index in [1.165, 1.54) is 23.2 Å². The number of nitrogen functional groups attached to an aromatic ring is 1. The van der Waals surface area contributed by atoms with Crippen LogP contribution in [0.5, 0.6) is 0 Å². The summed E-state index contributed by atoms with van der Waals surface area (Å²) < 4.78 is 17.5. The van der Waals surface area contributed by atoms with Crippen LogP contribution in [0, 0.1) is 11.2 Å². The number of benzene rings is 1. The average molecular weight is 405 g/mol. The highest BCUT2D eigenvalue weighted by Crippen LogP contribution is 2.32. The molecule has 152 valence electrons. The minimum absolute atomic E-state index is 0.246. The summed E-state index contributed by atoms with van der Waals surface area (Å²) in [5.74, 6) is -0.0966. The van der Waals surface area contributed by atoms with Crippen LogP contribution in [0.4, 0.5) is 10.2 Å². The first-order chi connectivity index (χ1) is 14.5. The van der Waals surface area contributed by atoms with Gasteiger partial charge < -0.3 is 21.4 Å². The summed E-state index contributed by atoms with van der Waals surface area (Å²) in [6, 6.07) is 6.12. The molecule has 3 aromatic heterocycles. The Hall–Kier alpha value is -4.08. The Morgan fingerprint density at radius 2 is 2.07 bits per heavy atom. The van der Waals surface area contributed by atoms with E-state index in [1.54, 1.807) is 24.4 Å². The first kappa shape index (κ1) is 19.2. The summed E-state index contributed by atoms with van der Waals surface area (Å²) in [5, 5.41) is 16.3. The molecule has 10 heteroatoms. The molecule has 0 aliphatic rings. The summed E-state index contributed by atoms with van der Waals surface area (Å²) in [7, 11) is 0. The Balaban J connectivity index is 1.85. The number of fused-ring (bicyclic) bond motifs is 1. The molecule has 1 atom stereocenters. The van der Waals surface area contributed by atoms with Gasteiger partial charge in [-0.3, -0.25) is 0 Å². The SMILES string of the molecule is CCC(c1cn(-c2ccccc2F)nn1)n1cc(C(N)=CC=N)c2c(N)ncnc21. The molecule has 0 fully saturated rings. The molecule has 0 saturated carbocycles. The molecular weight excluding hydrogens is 385 g/mol. The van der Waals surface area contributed by atoms with E-state index in [2.05, 4.69) is 20.3 Å². The molecule has 0 saturated heterocycles. The molecule has 5 N–H and O–H groups in total. The normalized spacial score (nSPS) is 12.9. The van der Waals surface area contributed by atoms with Gasteiger partial charge in [-0.2, -0.15) is 0 Å². The van der Waals surface area contributed by atoms with Crippen molar-refractivity contribution < 1.29 is 4.39 Å². The van der Waals surface area contributed by atoms with Gasteiger partial charge in [0.05, 0.1) is 17.6 Å². The number of nitrogens with zero attached hydrogens (tertiary/aromatic N) is 6. The monoisotopic (exact) mass is 405 g/mol. The lowest BCUT2D eigenvalue weighted by atomic mass is 10.1. The highest BCUT2D eigenvalue weighted by atomic mass is 19.1. The molecule has 0 spiro atoms. The minimum atomic E-state index is -0.388. The predicted molar refractivity (Wildman–Crippen MR) is 113 cm³/mol. The molecule has 4 aromatic rings. The molecule has 0 amide bonds. The van der Waals surface area contributed by atoms with Crippen molar-refractivity contribution in [1.29, 1.82) is 5.41 Å². The summed E-state index contributed by atoms with van der Waals surface area (Å²) in [6.45, 7) is 2.00. The molecule has 0 aliphatic heterocycles. The van der Waals surface area contributed by atoms with Crippen molar-refractivity contribution in [3.05, 3.63) is 66.1 Å². The van der Waals surface area contributed by atoms with Gasteiger partial charge in [0.25, 0.3) is 0 Å². The number of nitrogens with two attached hydrogens (primary N) is 2. The Labute approximate surface area is 171 Å². The van der Waals surface area contributed by atoms with Crippen LogP contribution < -0.4 is 11.5 Å². The lowest BCUT2D eigenvalue weighted by molar-refractivity contribution is 0.564. The van der Waals surface area contributed by atoms with Crippen LogP contribution in [0.15, 0.2) is 49.1 Å². The summed E-state index contributed by atoms with van der Waals surface area (Å²) in [6.07, 6.45) is 8.14. The second-order valence-corrected chi connectivity index (χ2v) is 6.66. The first-order valence-electron chi connectivity index (χ1n) is 9.29. The summed E-state index contributed by atoms with van der Waals surface area (Å²) >= 11 is 0. The van der Waals surface area contributed by atoms with E-state index < -0.39 is 0 Å².